The molecule has 0 aliphatic carbocycles. The molecule has 0 nitrogen and oxygen atoms in total. The van der Waals surface area contributed by atoms with Crippen LogP contribution < -0.4 is 0 Å². The summed E-state index contributed by atoms with van der Waals surface area (Å²) in [6.45, 7) is 0. The van der Waals surface area contributed by atoms with E-state index in [1.807, 2.05) is 0 Å². The van der Waals surface area contributed by atoms with Crippen molar-refractivity contribution in [1.82, 2.24) is 0 Å². The molecule has 0 saturated carbocycles. The Bertz CT molecular complexity index is 583. The molecule has 5 heteroatoms. The molecule has 0 spiro atoms. The summed E-state index contributed by atoms with van der Waals surface area (Å²) in [5.41, 5.74) is -0.301. The predicted molar refractivity (Wildman–Crippen MR) is 60.4 cm³/mol. The molecule has 0 fully saturated rings. The van der Waals surface area contributed by atoms with Crippen molar-refractivity contribution >= 4 is 11.6 Å². The van der Waals surface area contributed by atoms with Gasteiger partial charge >= 0.3 is 0 Å². The molecule has 94 valence electrons. The third-order valence-corrected chi connectivity index (χ3v) is 2.94. The van der Waals surface area contributed by atoms with Crippen molar-refractivity contribution < 1.29 is 17.6 Å². The van der Waals surface area contributed by atoms with E-state index in [9.17, 15) is 17.6 Å². The zero-order valence-electron chi connectivity index (χ0n) is 8.93. The zero-order valence-corrected chi connectivity index (χ0v) is 9.69. The van der Waals surface area contributed by atoms with Crippen LogP contribution in [0.5, 0.6) is 0 Å². The SMILES string of the molecule is Fc1ccc(C(Cl)c2cc(F)ccc2F)c(F)c1. The normalized spacial score (nSPS) is 12.5. The summed E-state index contributed by atoms with van der Waals surface area (Å²) in [6, 6.07) is 5.47. The Morgan fingerprint density at radius 1 is 0.722 bits per heavy atom. The van der Waals surface area contributed by atoms with Gasteiger partial charge in [-0.15, -0.1) is 11.6 Å². The summed E-state index contributed by atoms with van der Waals surface area (Å²) >= 11 is 5.90. The predicted octanol–water partition coefficient (Wildman–Crippen LogP) is 4.57. The van der Waals surface area contributed by atoms with Crippen LogP contribution in [0.25, 0.3) is 0 Å². The van der Waals surface area contributed by atoms with Gasteiger partial charge in [-0.05, 0) is 24.3 Å². The molecule has 0 radical (unpaired) electrons. The molecule has 0 N–H and O–H groups in total. The van der Waals surface area contributed by atoms with Gasteiger partial charge in [0.25, 0.3) is 0 Å². The third kappa shape index (κ3) is 2.48. The van der Waals surface area contributed by atoms with Crippen LogP contribution >= 0.6 is 11.6 Å². The number of benzene rings is 2. The summed E-state index contributed by atoms with van der Waals surface area (Å²) in [5, 5.41) is -1.22. The van der Waals surface area contributed by atoms with Gasteiger partial charge in [-0.1, -0.05) is 6.07 Å². The Hall–Kier alpha value is -1.55. The first-order valence-electron chi connectivity index (χ1n) is 5.03. The highest BCUT2D eigenvalue weighted by molar-refractivity contribution is 6.22. The van der Waals surface area contributed by atoms with Gasteiger partial charge in [0.1, 0.15) is 23.3 Å². The number of alkyl halides is 1. The molecular weight excluding hydrogens is 268 g/mol. The fourth-order valence-corrected chi connectivity index (χ4v) is 1.93. The van der Waals surface area contributed by atoms with Crippen LogP contribution in [-0.4, -0.2) is 0 Å². The van der Waals surface area contributed by atoms with Crippen molar-refractivity contribution in [2.75, 3.05) is 0 Å². The van der Waals surface area contributed by atoms with Gasteiger partial charge in [0.15, 0.2) is 0 Å². The number of rotatable bonds is 2. The van der Waals surface area contributed by atoms with Crippen LogP contribution in [0, 0.1) is 23.3 Å². The second kappa shape index (κ2) is 4.98. The van der Waals surface area contributed by atoms with Crippen molar-refractivity contribution in [2.24, 2.45) is 0 Å². The second-order valence-corrected chi connectivity index (χ2v) is 4.13. The molecule has 0 heterocycles. The van der Waals surface area contributed by atoms with E-state index in [0.717, 1.165) is 30.3 Å². The average molecular weight is 275 g/mol. The first-order chi connectivity index (χ1) is 8.49. The minimum Gasteiger partial charge on any atom is -0.207 e. The Labute approximate surface area is 106 Å². The number of hydrogen-bond donors (Lipinski definition) is 0. The molecule has 1 unspecified atom stereocenters. The summed E-state index contributed by atoms with van der Waals surface area (Å²) in [7, 11) is 0. The van der Waals surface area contributed by atoms with Crippen LogP contribution in [0.1, 0.15) is 16.5 Å². The molecule has 18 heavy (non-hydrogen) atoms. The number of hydrogen-bond acceptors (Lipinski definition) is 0. The zero-order chi connectivity index (χ0) is 13.3. The molecule has 0 aliphatic rings. The molecule has 1 atom stereocenters. The van der Waals surface area contributed by atoms with E-state index in [-0.39, 0.29) is 11.1 Å². The number of halogens is 5. The van der Waals surface area contributed by atoms with Crippen LogP contribution in [0.15, 0.2) is 36.4 Å². The largest absolute Gasteiger partial charge is 0.207 e. The van der Waals surface area contributed by atoms with E-state index in [2.05, 4.69) is 0 Å². The van der Waals surface area contributed by atoms with Gasteiger partial charge in [0.05, 0.1) is 5.38 Å². The van der Waals surface area contributed by atoms with Crippen LogP contribution in [0.4, 0.5) is 17.6 Å². The van der Waals surface area contributed by atoms with Crippen LogP contribution in [-0.2, 0) is 0 Å². The molecule has 0 saturated heterocycles. The Balaban J connectivity index is 2.47. The lowest BCUT2D eigenvalue weighted by Gasteiger charge is -2.12. The van der Waals surface area contributed by atoms with Crippen molar-refractivity contribution in [3.8, 4) is 0 Å². The highest BCUT2D eigenvalue weighted by Crippen LogP contribution is 2.32. The molecular formula is C13H7ClF4. The molecule has 0 aliphatic heterocycles. The Morgan fingerprint density at radius 3 is 2.00 bits per heavy atom. The summed E-state index contributed by atoms with van der Waals surface area (Å²) in [4.78, 5) is 0. The molecule has 0 bridgehead atoms. The second-order valence-electron chi connectivity index (χ2n) is 3.69. The summed E-state index contributed by atoms with van der Waals surface area (Å²) < 4.78 is 52.7. The lowest BCUT2D eigenvalue weighted by atomic mass is 10.0. The average Bonchev–Trinajstić information content (AvgIpc) is 2.31. The molecule has 0 aromatic heterocycles. The lowest BCUT2D eigenvalue weighted by Crippen LogP contribution is -2.01. The van der Waals surface area contributed by atoms with Gasteiger partial charge in [-0.3, -0.25) is 0 Å². The van der Waals surface area contributed by atoms with E-state index < -0.39 is 28.6 Å². The van der Waals surface area contributed by atoms with E-state index in [4.69, 9.17) is 11.6 Å². The van der Waals surface area contributed by atoms with Crippen molar-refractivity contribution in [3.05, 3.63) is 70.8 Å². The minimum absolute atomic E-state index is 0.109. The smallest absolute Gasteiger partial charge is 0.131 e. The maximum Gasteiger partial charge on any atom is 0.131 e. The quantitative estimate of drug-likeness (QED) is 0.556. The van der Waals surface area contributed by atoms with E-state index in [0.29, 0.717) is 6.07 Å². The molecule has 2 aromatic rings. The van der Waals surface area contributed by atoms with Gasteiger partial charge in [-0.2, -0.15) is 0 Å². The Morgan fingerprint density at radius 2 is 1.33 bits per heavy atom. The minimum atomic E-state index is -1.22. The van der Waals surface area contributed by atoms with Crippen molar-refractivity contribution in [2.45, 2.75) is 5.38 Å². The third-order valence-electron chi connectivity index (χ3n) is 2.47. The fourth-order valence-electron chi connectivity index (χ4n) is 1.58. The van der Waals surface area contributed by atoms with E-state index in [1.54, 1.807) is 0 Å². The topological polar surface area (TPSA) is 0 Å². The highest BCUT2D eigenvalue weighted by atomic mass is 35.5. The van der Waals surface area contributed by atoms with Crippen LogP contribution in [0.2, 0.25) is 0 Å². The maximum absolute atomic E-state index is 13.5. The Kier molecular flexibility index (Phi) is 3.57. The van der Waals surface area contributed by atoms with E-state index in [1.165, 1.54) is 0 Å². The molecule has 2 aromatic carbocycles. The summed E-state index contributed by atoms with van der Waals surface area (Å²) in [6.07, 6.45) is 0. The molecule has 2 rings (SSSR count). The van der Waals surface area contributed by atoms with E-state index >= 15 is 0 Å². The maximum atomic E-state index is 13.5. The fraction of sp³-hybridized carbons (Fsp3) is 0.0769. The van der Waals surface area contributed by atoms with Crippen LogP contribution in [0.3, 0.4) is 0 Å². The molecule has 0 amide bonds. The van der Waals surface area contributed by atoms with Gasteiger partial charge in [0, 0.05) is 17.2 Å². The van der Waals surface area contributed by atoms with Gasteiger partial charge in [0.2, 0.25) is 0 Å². The first kappa shape index (κ1) is 12.9. The highest BCUT2D eigenvalue weighted by Gasteiger charge is 2.19. The standard InChI is InChI=1S/C13H7ClF4/c14-13(9-3-1-8(16)6-12(9)18)10-5-7(15)2-4-11(10)17/h1-6,13H. The van der Waals surface area contributed by atoms with Gasteiger partial charge < -0.3 is 0 Å². The van der Waals surface area contributed by atoms with Crippen molar-refractivity contribution in [3.63, 3.8) is 0 Å². The summed E-state index contributed by atoms with van der Waals surface area (Å²) in [5.74, 6) is -3.10. The van der Waals surface area contributed by atoms with Crippen molar-refractivity contribution in [1.29, 1.82) is 0 Å². The van der Waals surface area contributed by atoms with Gasteiger partial charge in [-0.25, -0.2) is 17.6 Å². The lowest BCUT2D eigenvalue weighted by molar-refractivity contribution is 0.565. The monoisotopic (exact) mass is 274 g/mol. The first-order valence-corrected chi connectivity index (χ1v) is 5.46.